The van der Waals surface area contributed by atoms with Crippen LogP contribution in [-0.4, -0.2) is 32.5 Å². The molecule has 0 radical (unpaired) electrons. The van der Waals surface area contributed by atoms with E-state index < -0.39 is 0 Å². The van der Waals surface area contributed by atoms with Gasteiger partial charge in [0.15, 0.2) is 0 Å². The van der Waals surface area contributed by atoms with Crippen molar-refractivity contribution < 1.29 is 4.39 Å². The molecule has 0 bridgehead atoms. The van der Waals surface area contributed by atoms with E-state index in [0.29, 0.717) is 17.2 Å². The fourth-order valence-corrected chi connectivity index (χ4v) is 3.92. The average Bonchev–Trinajstić information content (AvgIpc) is 3.16. The maximum Gasteiger partial charge on any atom is 0.132 e. The van der Waals surface area contributed by atoms with Crippen LogP contribution >= 0.6 is 0 Å². The lowest BCUT2D eigenvalue weighted by Gasteiger charge is -2.32. The van der Waals surface area contributed by atoms with Gasteiger partial charge >= 0.3 is 0 Å². The Hall–Kier alpha value is -2.53. The number of aromatic nitrogens is 3. The van der Waals surface area contributed by atoms with Crippen LogP contribution in [0.3, 0.4) is 0 Å². The molecule has 0 aliphatic carbocycles. The number of piperidine rings is 1. The molecule has 1 fully saturated rings. The van der Waals surface area contributed by atoms with E-state index in [1.807, 2.05) is 30.6 Å². The lowest BCUT2D eigenvalue weighted by Crippen LogP contribution is -2.35. The minimum absolute atomic E-state index is 0.223. The van der Waals surface area contributed by atoms with Gasteiger partial charge in [-0.15, -0.1) is 0 Å². The molecule has 1 aliphatic heterocycles. The fourth-order valence-electron chi connectivity index (χ4n) is 3.92. The summed E-state index contributed by atoms with van der Waals surface area (Å²) in [5.41, 5.74) is 2.33. The highest BCUT2D eigenvalue weighted by Crippen LogP contribution is 2.29. The second-order valence-electron chi connectivity index (χ2n) is 7.13. The minimum Gasteiger partial charge on any atom is -0.334 e. The Balaban J connectivity index is 1.52. The van der Waals surface area contributed by atoms with Crippen molar-refractivity contribution in [3.05, 3.63) is 72.2 Å². The summed E-state index contributed by atoms with van der Waals surface area (Å²) < 4.78 is 16.3. The smallest absolute Gasteiger partial charge is 0.132 e. The van der Waals surface area contributed by atoms with Gasteiger partial charge in [0, 0.05) is 42.7 Å². The van der Waals surface area contributed by atoms with Gasteiger partial charge in [0.1, 0.15) is 11.6 Å². The van der Waals surface area contributed by atoms with Crippen LogP contribution in [0, 0.1) is 5.82 Å². The molecule has 140 valence electrons. The predicted molar refractivity (Wildman–Crippen MR) is 105 cm³/mol. The van der Waals surface area contributed by atoms with Crippen LogP contribution in [0.15, 0.2) is 54.9 Å². The molecule has 0 N–H and O–H groups in total. The molecule has 0 unspecified atom stereocenters. The first kappa shape index (κ1) is 17.9. The highest BCUT2D eigenvalue weighted by Gasteiger charge is 2.23. The van der Waals surface area contributed by atoms with Crippen molar-refractivity contribution in [3.8, 4) is 11.3 Å². The normalized spacial score (nSPS) is 17.9. The molecule has 1 aromatic carbocycles. The van der Waals surface area contributed by atoms with E-state index in [-0.39, 0.29) is 5.82 Å². The number of benzene rings is 1. The zero-order valence-electron chi connectivity index (χ0n) is 15.7. The van der Waals surface area contributed by atoms with Crippen LogP contribution in [0.4, 0.5) is 4.39 Å². The quantitative estimate of drug-likeness (QED) is 0.669. The summed E-state index contributed by atoms with van der Waals surface area (Å²) in [5.74, 6) is 1.26. The van der Waals surface area contributed by atoms with E-state index in [4.69, 9.17) is 4.98 Å². The number of likely N-dealkylation sites (tertiary alicyclic amines) is 1. The number of rotatable bonds is 5. The van der Waals surface area contributed by atoms with Crippen molar-refractivity contribution in [1.29, 1.82) is 0 Å². The van der Waals surface area contributed by atoms with Gasteiger partial charge in [0.05, 0.1) is 12.2 Å². The molecule has 3 heterocycles. The molecule has 3 aromatic rings. The standard InChI is InChI=1S/C22H25FN4/c1-2-27-14-12-24-22(27)16-26-13-6-7-17(15-26)20-10-5-11-21(25-20)18-8-3-4-9-19(18)23/h3-5,8-12,14,17H,2,6-7,13,15-16H2,1H3/t17-/m0/s1. The van der Waals surface area contributed by atoms with Crippen molar-refractivity contribution in [2.75, 3.05) is 13.1 Å². The summed E-state index contributed by atoms with van der Waals surface area (Å²) in [6.45, 7) is 6.00. The highest BCUT2D eigenvalue weighted by molar-refractivity contribution is 5.59. The van der Waals surface area contributed by atoms with Gasteiger partial charge in [-0.25, -0.2) is 9.37 Å². The molecule has 1 atom stereocenters. The van der Waals surface area contributed by atoms with Crippen LogP contribution in [-0.2, 0) is 13.1 Å². The Morgan fingerprint density at radius 3 is 2.89 bits per heavy atom. The van der Waals surface area contributed by atoms with Crippen molar-refractivity contribution >= 4 is 0 Å². The summed E-state index contributed by atoms with van der Waals surface area (Å²) >= 11 is 0. The number of halogens is 1. The maximum absolute atomic E-state index is 14.1. The van der Waals surface area contributed by atoms with Gasteiger partial charge < -0.3 is 4.57 Å². The third-order valence-corrected chi connectivity index (χ3v) is 5.35. The van der Waals surface area contributed by atoms with E-state index in [2.05, 4.69) is 27.4 Å². The van der Waals surface area contributed by atoms with E-state index in [9.17, 15) is 4.39 Å². The minimum atomic E-state index is -0.223. The molecular formula is C22H25FN4. The molecule has 1 aliphatic rings. The Morgan fingerprint density at radius 1 is 1.15 bits per heavy atom. The topological polar surface area (TPSA) is 34.0 Å². The zero-order chi connectivity index (χ0) is 18.6. The first-order chi connectivity index (χ1) is 13.2. The second-order valence-corrected chi connectivity index (χ2v) is 7.13. The largest absolute Gasteiger partial charge is 0.334 e. The van der Waals surface area contributed by atoms with Gasteiger partial charge in [-0.05, 0) is 50.6 Å². The van der Waals surface area contributed by atoms with Gasteiger partial charge in [0.2, 0.25) is 0 Å². The maximum atomic E-state index is 14.1. The number of nitrogens with zero attached hydrogens (tertiary/aromatic N) is 4. The highest BCUT2D eigenvalue weighted by atomic mass is 19.1. The summed E-state index contributed by atoms with van der Waals surface area (Å²) in [7, 11) is 0. The fraction of sp³-hybridized carbons (Fsp3) is 0.364. The first-order valence-electron chi connectivity index (χ1n) is 9.69. The third-order valence-electron chi connectivity index (χ3n) is 5.35. The molecule has 0 saturated carbocycles. The lowest BCUT2D eigenvalue weighted by atomic mass is 9.93. The van der Waals surface area contributed by atoms with E-state index >= 15 is 0 Å². The molecular weight excluding hydrogens is 339 g/mol. The number of hydrogen-bond donors (Lipinski definition) is 0. The molecule has 0 amide bonds. The number of imidazole rings is 1. The average molecular weight is 364 g/mol. The number of aryl methyl sites for hydroxylation is 1. The first-order valence-corrected chi connectivity index (χ1v) is 9.69. The monoisotopic (exact) mass is 364 g/mol. The zero-order valence-corrected chi connectivity index (χ0v) is 15.7. The Labute approximate surface area is 159 Å². The van der Waals surface area contributed by atoms with Crippen molar-refractivity contribution in [3.63, 3.8) is 0 Å². The Morgan fingerprint density at radius 2 is 2.04 bits per heavy atom. The molecule has 5 heteroatoms. The van der Waals surface area contributed by atoms with E-state index in [1.165, 1.54) is 6.07 Å². The molecule has 4 nitrogen and oxygen atoms in total. The van der Waals surface area contributed by atoms with Crippen LogP contribution < -0.4 is 0 Å². The van der Waals surface area contributed by atoms with Crippen LogP contribution in [0.25, 0.3) is 11.3 Å². The number of pyridine rings is 1. The van der Waals surface area contributed by atoms with Crippen molar-refractivity contribution in [1.82, 2.24) is 19.4 Å². The van der Waals surface area contributed by atoms with Crippen molar-refractivity contribution in [2.24, 2.45) is 0 Å². The lowest BCUT2D eigenvalue weighted by molar-refractivity contribution is 0.192. The number of hydrogen-bond acceptors (Lipinski definition) is 3. The van der Waals surface area contributed by atoms with E-state index in [0.717, 1.165) is 50.5 Å². The molecule has 27 heavy (non-hydrogen) atoms. The summed E-state index contributed by atoms with van der Waals surface area (Å²) in [6.07, 6.45) is 6.17. The molecule has 2 aromatic heterocycles. The van der Waals surface area contributed by atoms with Crippen LogP contribution in [0.2, 0.25) is 0 Å². The van der Waals surface area contributed by atoms with Gasteiger partial charge in [-0.1, -0.05) is 18.2 Å². The van der Waals surface area contributed by atoms with Crippen LogP contribution in [0.5, 0.6) is 0 Å². The van der Waals surface area contributed by atoms with E-state index in [1.54, 1.807) is 12.1 Å². The summed E-state index contributed by atoms with van der Waals surface area (Å²) in [5, 5.41) is 0. The summed E-state index contributed by atoms with van der Waals surface area (Å²) in [6, 6.07) is 12.8. The molecule has 0 spiro atoms. The SMILES string of the molecule is CCn1ccnc1CN1CCC[C@H](c2cccc(-c3ccccc3F)n2)C1. The molecule has 1 saturated heterocycles. The summed E-state index contributed by atoms with van der Waals surface area (Å²) in [4.78, 5) is 11.8. The predicted octanol–water partition coefficient (Wildman–Crippen LogP) is 4.48. The molecule has 4 rings (SSSR count). The Bertz CT molecular complexity index is 905. The van der Waals surface area contributed by atoms with Gasteiger partial charge in [-0.3, -0.25) is 9.88 Å². The van der Waals surface area contributed by atoms with Crippen LogP contribution in [0.1, 0.15) is 37.2 Å². The van der Waals surface area contributed by atoms with Crippen molar-refractivity contribution in [2.45, 2.75) is 38.8 Å². The third kappa shape index (κ3) is 3.93. The second kappa shape index (κ2) is 8.01. The Kier molecular flexibility index (Phi) is 5.30. The van der Waals surface area contributed by atoms with Gasteiger partial charge in [0.25, 0.3) is 0 Å². The van der Waals surface area contributed by atoms with Gasteiger partial charge in [-0.2, -0.15) is 0 Å².